The van der Waals surface area contributed by atoms with Gasteiger partial charge in [-0.3, -0.25) is 4.68 Å². The van der Waals surface area contributed by atoms with Gasteiger partial charge in [0.2, 0.25) is 0 Å². The molecule has 6 heteroatoms. The first-order chi connectivity index (χ1) is 8.49. The molecule has 1 atom stereocenters. The molecule has 0 aliphatic heterocycles. The highest BCUT2D eigenvalue weighted by molar-refractivity contribution is 7.90. The maximum absolute atomic E-state index is 11.2. The van der Waals surface area contributed by atoms with Gasteiger partial charge in [-0.1, -0.05) is 20.8 Å². The Balaban J connectivity index is 2.73. The van der Waals surface area contributed by atoms with Crippen LogP contribution >= 0.6 is 0 Å². The Morgan fingerprint density at radius 1 is 1.42 bits per heavy atom. The summed E-state index contributed by atoms with van der Waals surface area (Å²) < 4.78 is 24.3. The number of aromatic nitrogens is 2. The summed E-state index contributed by atoms with van der Waals surface area (Å²) in [5.41, 5.74) is 2.16. The highest BCUT2D eigenvalue weighted by Crippen LogP contribution is 2.24. The number of hydrogen-bond acceptors (Lipinski definition) is 4. The Labute approximate surface area is 116 Å². The predicted octanol–water partition coefficient (Wildman–Crippen LogP) is 1.24. The van der Waals surface area contributed by atoms with Crippen molar-refractivity contribution in [2.45, 2.75) is 45.7 Å². The summed E-state index contributed by atoms with van der Waals surface area (Å²) in [4.78, 5) is 0. The average Bonchev–Trinajstić information content (AvgIpc) is 2.53. The van der Waals surface area contributed by atoms with Crippen LogP contribution in [0.2, 0.25) is 0 Å². The summed E-state index contributed by atoms with van der Waals surface area (Å²) >= 11 is 0. The van der Waals surface area contributed by atoms with Gasteiger partial charge in [0, 0.05) is 43.1 Å². The third-order valence-corrected chi connectivity index (χ3v) is 3.91. The molecule has 110 valence electrons. The minimum atomic E-state index is -2.94. The normalized spacial score (nSPS) is 14.6. The Hall–Kier alpha value is -0.880. The molecule has 1 aromatic rings. The predicted molar refractivity (Wildman–Crippen MR) is 77.9 cm³/mol. The number of sulfone groups is 1. The van der Waals surface area contributed by atoms with Gasteiger partial charge in [-0.2, -0.15) is 5.10 Å². The van der Waals surface area contributed by atoms with Gasteiger partial charge in [-0.25, -0.2) is 8.42 Å². The summed E-state index contributed by atoms with van der Waals surface area (Å²) in [6.45, 7) is 8.89. The number of hydrogen-bond donors (Lipinski definition) is 1. The van der Waals surface area contributed by atoms with E-state index in [1.165, 1.54) is 6.26 Å². The zero-order valence-corrected chi connectivity index (χ0v) is 13.5. The van der Waals surface area contributed by atoms with Crippen molar-refractivity contribution in [2.75, 3.05) is 12.0 Å². The molecule has 0 radical (unpaired) electrons. The lowest BCUT2D eigenvalue weighted by Gasteiger charge is -2.19. The van der Waals surface area contributed by atoms with Gasteiger partial charge in [0.15, 0.2) is 0 Å². The van der Waals surface area contributed by atoms with Crippen LogP contribution in [0.3, 0.4) is 0 Å². The zero-order valence-electron chi connectivity index (χ0n) is 12.7. The molecular formula is C13H25N3O2S. The van der Waals surface area contributed by atoms with Crippen LogP contribution in [0.4, 0.5) is 0 Å². The molecule has 0 saturated heterocycles. The molecule has 19 heavy (non-hydrogen) atoms. The summed E-state index contributed by atoms with van der Waals surface area (Å²) in [6.07, 6.45) is 3.25. The van der Waals surface area contributed by atoms with E-state index in [-0.39, 0.29) is 17.2 Å². The summed E-state index contributed by atoms with van der Waals surface area (Å²) in [5, 5.41) is 7.74. The number of rotatable bonds is 5. The van der Waals surface area contributed by atoms with Crippen LogP contribution in [0.1, 0.15) is 39.0 Å². The number of nitrogens with zero attached hydrogens (tertiary/aromatic N) is 2. The molecule has 0 amide bonds. The molecule has 0 fully saturated rings. The van der Waals surface area contributed by atoms with Crippen molar-refractivity contribution >= 4 is 9.84 Å². The lowest BCUT2D eigenvalue weighted by Crippen LogP contribution is -2.32. The number of nitrogens with one attached hydrogen (secondary N) is 1. The lowest BCUT2D eigenvalue weighted by molar-refractivity contribution is 0.531. The van der Waals surface area contributed by atoms with Crippen LogP contribution in [0, 0.1) is 0 Å². The molecule has 0 bridgehead atoms. The topological polar surface area (TPSA) is 64.0 Å². The van der Waals surface area contributed by atoms with Crippen LogP contribution in [-0.2, 0) is 28.8 Å². The van der Waals surface area contributed by atoms with Crippen LogP contribution in [0.25, 0.3) is 0 Å². The van der Waals surface area contributed by atoms with Gasteiger partial charge in [-0.15, -0.1) is 0 Å². The first-order valence-electron chi connectivity index (χ1n) is 6.43. The molecule has 0 aromatic carbocycles. The van der Waals surface area contributed by atoms with Crippen LogP contribution in [0.5, 0.6) is 0 Å². The fourth-order valence-electron chi connectivity index (χ4n) is 2.10. The molecule has 5 nitrogen and oxygen atoms in total. The molecule has 0 saturated carbocycles. The van der Waals surface area contributed by atoms with Crippen molar-refractivity contribution in [1.29, 1.82) is 0 Å². The summed E-state index contributed by atoms with van der Waals surface area (Å²) in [6, 6.07) is -0.0666. The van der Waals surface area contributed by atoms with Crippen LogP contribution in [0.15, 0.2) is 6.20 Å². The Morgan fingerprint density at radius 3 is 2.47 bits per heavy atom. The molecule has 1 heterocycles. The molecule has 1 aromatic heterocycles. The first-order valence-corrected chi connectivity index (χ1v) is 8.49. The van der Waals surface area contributed by atoms with Gasteiger partial charge in [0.1, 0.15) is 9.84 Å². The average molecular weight is 287 g/mol. The van der Waals surface area contributed by atoms with Crippen molar-refractivity contribution in [1.82, 2.24) is 15.1 Å². The maximum atomic E-state index is 11.2. The fraction of sp³-hybridized carbons (Fsp3) is 0.769. The van der Waals surface area contributed by atoms with Gasteiger partial charge in [0.05, 0.1) is 11.4 Å². The fourth-order valence-corrected chi connectivity index (χ4v) is 3.12. The van der Waals surface area contributed by atoms with E-state index in [9.17, 15) is 8.42 Å². The molecular weight excluding hydrogens is 262 g/mol. The first kappa shape index (κ1) is 16.2. The van der Waals surface area contributed by atoms with Gasteiger partial charge in [0.25, 0.3) is 0 Å². The van der Waals surface area contributed by atoms with E-state index < -0.39 is 9.84 Å². The number of aryl methyl sites for hydroxylation is 1. The van der Waals surface area contributed by atoms with Crippen molar-refractivity contribution in [3.63, 3.8) is 0 Å². The van der Waals surface area contributed by atoms with Crippen molar-refractivity contribution < 1.29 is 8.42 Å². The Bertz CT molecular complexity index is 527. The van der Waals surface area contributed by atoms with Gasteiger partial charge >= 0.3 is 0 Å². The van der Waals surface area contributed by atoms with Crippen LogP contribution in [-0.4, -0.2) is 36.2 Å². The summed E-state index contributed by atoms with van der Waals surface area (Å²) in [5.74, 6) is 0.151. The van der Waals surface area contributed by atoms with Crippen LogP contribution < -0.4 is 5.32 Å². The van der Waals surface area contributed by atoms with Crippen molar-refractivity contribution in [3.05, 3.63) is 17.5 Å². The van der Waals surface area contributed by atoms with Gasteiger partial charge in [-0.05, 0) is 6.92 Å². The molecule has 0 aliphatic carbocycles. The third-order valence-electron chi connectivity index (χ3n) is 2.81. The molecule has 1 N–H and O–H groups in total. The Kier molecular flexibility index (Phi) is 4.79. The summed E-state index contributed by atoms with van der Waals surface area (Å²) in [7, 11) is -1.04. The van der Waals surface area contributed by atoms with E-state index in [1.54, 1.807) is 4.68 Å². The van der Waals surface area contributed by atoms with E-state index in [1.807, 2.05) is 20.2 Å². The second-order valence-electron chi connectivity index (χ2n) is 6.30. The van der Waals surface area contributed by atoms with E-state index in [0.29, 0.717) is 6.54 Å². The minimum Gasteiger partial charge on any atom is -0.309 e. The van der Waals surface area contributed by atoms with E-state index in [0.717, 1.165) is 11.3 Å². The molecule has 1 rings (SSSR count). The van der Waals surface area contributed by atoms with E-state index in [4.69, 9.17) is 0 Å². The largest absolute Gasteiger partial charge is 0.309 e. The van der Waals surface area contributed by atoms with Crippen molar-refractivity contribution in [3.8, 4) is 0 Å². The lowest BCUT2D eigenvalue weighted by atomic mass is 9.89. The minimum absolute atomic E-state index is 0.0155. The third kappa shape index (κ3) is 5.32. The van der Waals surface area contributed by atoms with Crippen molar-refractivity contribution in [2.24, 2.45) is 7.05 Å². The highest BCUT2D eigenvalue weighted by atomic mass is 32.2. The zero-order chi connectivity index (χ0) is 14.8. The Morgan fingerprint density at radius 2 is 2.00 bits per heavy atom. The maximum Gasteiger partial charge on any atom is 0.148 e. The highest BCUT2D eigenvalue weighted by Gasteiger charge is 2.22. The quantitative estimate of drug-likeness (QED) is 0.885. The monoisotopic (exact) mass is 287 g/mol. The van der Waals surface area contributed by atoms with E-state index >= 15 is 0 Å². The molecule has 0 aliphatic rings. The second-order valence-corrected chi connectivity index (χ2v) is 8.49. The smallest absolute Gasteiger partial charge is 0.148 e. The SMILES string of the molecule is CC(CS(C)(=O)=O)NCc1cn(C)nc1C(C)(C)C. The standard InChI is InChI=1S/C13H25N3O2S/c1-10(9-19(6,17)18)14-7-11-8-16(5)15-12(11)13(2,3)4/h8,10,14H,7,9H2,1-6H3. The second kappa shape index (κ2) is 5.63. The van der Waals surface area contributed by atoms with E-state index in [2.05, 4.69) is 31.2 Å². The molecule has 1 unspecified atom stereocenters. The van der Waals surface area contributed by atoms with Gasteiger partial charge < -0.3 is 5.32 Å². The molecule has 0 spiro atoms.